The quantitative estimate of drug-likeness (QED) is 0.489. The van der Waals surface area contributed by atoms with Crippen LogP contribution < -0.4 is 5.32 Å². The van der Waals surface area contributed by atoms with E-state index in [0.29, 0.717) is 5.92 Å². The van der Waals surface area contributed by atoms with Crippen LogP contribution >= 0.6 is 10.9 Å². The highest BCUT2D eigenvalue weighted by atomic mass is 32.2. The molecule has 0 bridgehead atoms. The van der Waals surface area contributed by atoms with E-state index in [1.54, 1.807) is 0 Å². The highest BCUT2D eigenvalue weighted by Gasteiger charge is 2.26. The minimum atomic E-state index is -0.548. The van der Waals surface area contributed by atoms with Crippen molar-refractivity contribution in [3.8, 4) is 0 Å². The molecule has 1 aliphatic heterocycles. The Bertz CT molecular complexity index is 958. The fourth-order valence-corrected chi connectivity index (χ4v) is 4.23. The van der Waals surface area contributed by atoms with Gasteiger partial charge in [0.25, 0.3) is 0 Å². The maximum atomic E-state index is 4.80. The molecule has 0 saturated heterocycles. The summed E-state index contributed by atoms with van der Waals surface area (Å²) >= 11 is 0. The van der Waals surface area contributed by atoms with Crippen molar-refractivity contribution in [2.24, 2.45) is 0 Å². The Morgan fingerprint density at radius 3 is 2.75 bits per heavy atom. The smallest absolute Gasteiger partial charge is 0.177 e. The molecule has 0 spiro atoms. The number of H-pyrrole nitrogens is 1. The molecule has 0 atom stereocenters. The second kappa shape index (κ2) is 5.49. The van der Waals surface area contributed by atoms with E-state index in [4.69, 9.17) is 9.97 Å². The Morgan fingerprint density at radius 2 is 1.92 bits per heavy atom. The number of allylic oxidation sites excluding steroid dienone is 2. The van der Waals surface area contributed by atoms with E-state index in [0.717, 1.165) is 33.4 Å². The predicted molar refractivity (Wildman–Crippen MR) is 98.9 cm³/mol. The second-order valence-corrected chi connectivity index (χ2v) is 7.90. The first-order chi connectivity index (χ1) is 11.9. The first-order valence-electron chi connectivity index (χ1n) is 8.09. The first kappa shape index (κ1) is 13.8. The molecule has 5 nitrogen and oxygen atoms in total. The third-order valence-electron chi connectivity index (χ3n) is 4.27. The molecule has 6 heteroatoms. The van der Waals surface area contributed by atoms with Crippen molar-refractivity contribution in [3.63, 3.8) is 0 Å². The lowest BCUT2D eigenvalue weighted by atomic mass is 10.2. The zero-order chi connectivity index (χ0) is 15.9. The molecule has 3 heterocycles. The summed E-state index contributed by atoms with van der Waals surface area (Å²) < 4.78 is 0. The number of rotatable bonds is 4. The molecule has 1 aliphatic carbocycles. The maximum Gasteiger partial charge on any atom is 0.177 e. The summed E-state index contributed by atoms with van der Waals surface area (Å²) in [6.45, 7) is 0. The van der Waals surface area contributed by atoms with Gasteiger partial charge in [0.1, 0.15) is 11.6 Å². The van der Waals surface area contributed by atoms with Gasteiger partial charge >= 0.3 is 0 Å². The lowest BCUT2D eigenvalue weighted by Crippen LogP contribution is -1.99. The van der Waals surface area contributed by atoms with Crippen LogP contribution in [0.2, 0.25) is 0 Å². The van der Waals surface area contributed by atoms with Crippen LogP contribution in [0.1, 0.15) is 24.5 Å². The Kier molecular flexibility index (Phi) is 3.16. The van der Waals surface area contributed by atoms with Crippen molar-refractivity contribution in [3.05, 3.63) is 59.0 Å². The molecule has 120 valence electrons. The van der Waals surface area contributed by atoms with Gasteiger partial charge in [-0.05, 0) is 35.8 Å². The zero-order valence-corrected chi connectivity index (χ0v) is 13.9. The van der Waals surface area contributed by atoms with E-state index in [1.165, 1.54) is 12.8 Å². The number of fused-ring (bicyclic) bond motifs is 1. The number of nitrogens with one attached hydrogen (secondary N) is 2. The van der Waals surface area contributed by atoms with Gasteiger partial charge in [-0.25, -0.2) is 9.97 Å². The number of benzene rings is 1. The van der Waals surface area contributed by atoms with Gasteiger partial charge in [-0.2, -0.15) is 16.0 Å². The lowest BCUT2D eigenvalue weighted by molar-refractivity contribution is 0.964. The third kappa shape index (κ3) is 2.49. The fourth-order valence-electron chi connectivity index (χ4n) is 2.86. The van der Waals surface area contributed by atoms with E-state index in [9.17, 15) is 0 Å². The SMILES string of the molecule is C1=C[SH](c2nc(Nc3cc(C4CC4)n[nH]3)c3ccccc3n2)C=C1. The molecular formula is C18H17N5S. The van der Waals surface area contributed by atoms with E-state index in [2.05, 4.69) is 44.5 Å². The summed E-state index contributed by atoms with van der Waals surface area (Å²) in [5, 5.41) is 17.1. The normalized spacial score (nSPS) is 17.8. The fraction of sp³-hybridized carbons (Fsp3) is 0.167. The summed E-state index contributed by atoms with van der Waals surface area (Å²) in [7, 11) is -0.548. The van der Waals surface area contributed by atoms with Gasteiger partial charge in [0, 0.05) is 17.4 Å². The van der Waals surface area contributed by atoms with Gasteiger partial charge < -0.3 is 5.32 Å². The average Bonchev–Trinajstić information content (AvgIpc) is 3.11. The van der Waals surface area contributed by atoms with Crippen LogP contribution in [-0.4, -0.2) is 20.2 Å². The molecule has 5 rings (SSSR count). The summed E-state index contributed by atoms with van der Waals surface area (Å²) in [6, 6.07) is 10.2. The standard InChI is InChI=1S/C18H17N5S/c1-2-6-14-13(5-1)17(21-18(19-14)24-9-3-4-10-24)20-16-11-15(22-23-16)12-7-8-12/h1-6,9-12,24H,7-8H2,(H2,19,20,21,22,23). The number of anilines is 2. The molecular weight excluding hydrogens is 318 g/mol. The van der Waals surface area contributed by atoms with Crippen molar-refractivity contribution in [2.75, 3.05) is 5.32 Å². The Hall–Kier alpha value is -2.60. The van der Waals surface area contributed by atoms with Crippen LogP contribution in [0.15, 0.2) is 58.5 Å². The van der Waals surface area contributed by atoms with E-state index in [-0.39, 0.29) is 0 Å². The molecule has 1 fully saturated rings. The number of aromatic amines is 1. The van der Waals surface area contributed by atoms with Crippen LogP contribution in [0.3, 0.4) is 0 Å². The van der Waals surface area contributed by atoms with Gasteiger partial charge in [0.2, 0.25) is 0 Å². The third-order valence-corrected chi connectivity index (χ3v) is 5.92. The number of hydrogen-bond donors (Lipinski definition) is 3. The number of thiol groups is 1. The van der Waals surface area contributed by atoms with Crippen LogP contribution in [0, 0.1) is 0 Å². The summed E-state index contributed by atoms with van der Waals surface area (Å²) in [5.41, 5.74) is 2.10. The van der Waals surface area contributed by atoms with Gasteiger partial charge in [-0.15, -0.1) is 0 Å². The van der Waals surface area contributed by atoms with E-state index < -0.39 is 10.9 Å². The Labute approximate surface area is 142 Å². The highest BCUT2D eigenvalue weighted by molar-refractivity contribution is 8.22. The van der Waals surface area contributed by atoms with Crippen LogP contribution in [0.25, 0.3) is 10.9 Å². The van der Waals surface area contributed by atoms with Gasteiger partial charge in [-0.1, -0.05) is 24.3 Å². The molecule has 24 heavy (non-hydrogen) atoms. The minimum Gasteiger partial charge on any atom is -0.325 e. The van der Waals surface area contributed by atoms with Crippen molar-refractivity contribution in [1.82, 2.24) is 20.2 Å². The second-order valence-electron chi connectivity index (χ2n) is 6.09. The average molecular weight is 335 g/mol. The summed E-state index contributed by atoms with van der Waals surface area (Å²) in [4.78, 5) is 9.56. The first-order valence-corrected chi connectivity index (χ1v) is 9.57. The van der Waals surface area contributed by atoms with Crippen molar-refractivity contribution in [1.29, 1.82) is 0 Å². The molecule has 3 aromatic rings. The van der Waals surface area contributed by atoms with Gasteiger partial charge in [0.15, 0.2) is 5.16 Å². The number of hydrogen-bond acceptors (Lipinski definition) is 4. The molecule has 0 amide bonds. The predicted octanol–water partition coefficient (Wildman–Crippen LogP) is 4.38. The summed E-state index contributed by atoms with van der Waals surface area (Å²) in [6.07, 6.45) is 6.62. The van der Waals surface area contributed by atoms with Crippen LogP contribution in [0.5, 0.6) is 0 Å². The molecule has 2 aliphatic rings. The summed E-state index contributed by atoms with van der Waals surface area (Å²) in [5.74, 6) is 2.35. The van der Waals surface area contributed by atoms with E-state index >= 15 is 0 Å². The maximum absolute atomic E-state index is 4.80. The zero-order valence-electron chi connectivity index (χ0n) is 13.0. The van der Waals surface area contributed by atoms with Crippen molar-refractivity contribution in [2.45, 2.75) is 23.9 Å². The number of aromatic nitrogens is 4. The molecule has 2 N–H and O–H groups in total. The molecule has 1 aromatic carbocycles. The van der Waals surface area contributed by atoms with Crippen molar-refractivity contribution >= 4 is 33.4 Å². The van der Waals surface area contributed by atoms with Gasteiger partial charge in [0.05, 0.1) is 11.2 Å². The highest BCUT2D eigenvalue weighted by Crippen LogP contribution is 2.42. The van der Waals surface area contributed by atoms with E-state index in [1.807, 2.05) is 24.3 Å². The number of para-hydroxylation sites is 1. The number of nitrogens with zero attached hydrogens (tertiary/aromatic N) is 3. The molecule has 1 saturated carbocycles. The Morgan fingerprint density at radius 1 is 1.08 bits per heavy atom. The molecule has 0 radical (unpaired) electrons. The topological polar surface area (TPSA) is 66.5 Å². The van der Waals surface area contributed by atoms with Crippen molar-refractivity contribution < 1.29 is 0 Å². The monoisotopic (exact) mass is 335 g/mol. The van der Waals surface area contributed by atoms with Crippen LogP contribution in [0.4, 0.5) is 11.6 Å². The Balaban J connectivity index is 1.56. The van der Waals surface area contributed by atoms with Gasteiger partial charge in [-0.3, -0.25) is 5.10 Å². The lowest BCUT2D eigenvalue weighted by Gasteiger charge is -2.13. The minimum absolute atomic E-state index is 0.548. The van der Waals surface area contributed by atoms with Crippen LogP contribution in [-0.2, 0) is 0 Å². The largest absolute Gasteiger partial charge is 0.325 e. The molecule has 0 unspecified atom stereocenters. The molecule has 2 aromatic heterocycles.